The molecule has 2 rings (SSSR count). The average molecular weight is 337 g/mol. The first-order valence-corrected chi connectivity index (χ1v) is 9.40. The Kier molecular flexibility index (Phi) is 6.30. The lowest BCUT2D eigenvalue weighted by atomic mass is 10.3. The molecule has 22 heavy (non-hydrogen) atoms. The van der Waals surface area contributed by atoms with Crippen molar-refractivity contribution in [2.24, 2.45) is 0 Å². The number of rotatable bonds is 8. The predicted octanol–water partition coefficient (Wildman–Crippen LogP) is 3.16. The molecular weight excluding hydrogens is 318 g/mol. The first-order chi connectivity index (χ1) is 10.6. The van der Waals surface area contributed by atoms with Crippen molar-refractivity contribution in [3.05, 3.63) is 54.6 Å². The van der Waals surface area contributed by atoms with Gasteiger partial charge in [-0.05, 0) is 48.6 Å². The molecule has 0 saturated carbocycles. The molecule has 0 aliphatic carbocycles. The van der Waals surface area contributed by atoms with Gasteiger partial charge in [-0.3, -0.25) is 0 Å². The van der Waals surface area contributed by atoms with Crippen molar-refractivity contribution in [2.45, 2.75) is 16.2 Å². The summed E-state index contributed by atoms with van der Waals surface area (Å²) < 4.78 is 31.8. The Morgan fingerprint density at radius 1 is 1.05 bits per heavy atom. The van der Waals surface area contributed by atoms with Gasteiger partial charge in [-0.25, -0.2) is 13.1 Å². The third-order valence-corrected chi connectivity index (χ3v) is 5.57. The highest BCUT2D eigenvalue weighted by molar-refractivity contribution is 7.99. The van der Waals surface area contributed by atoms with Crippen LogP contribution in [0.2, 0.25) is 0 Å². The first-order valence-electron chi connectivity index (χ1n) is 6.93. The fraction of sp³-hybridized carbons (Fsp3) is 0.250. The van der Waals surface area contributed by atoms with Gasteiger partial charge in [0.1, 0.15) is 5.75 Å². The minimum absolute atomic E-state index is 0.254. The largest absolute Gasteiger partial charge is 0.497 e. The maximum atomic E-state index is 12.1. The van der Waals surface area contributed by atoms with Crippen molar-refractivity contribution >= 4 is 21.8 Å². The third-order valence-electron chi connectivity index (χ3n) is 2.99. The quantitative estimate of drug-likeness (QED) is 0.594. The van der Waals surface area contributed by atoms with Crippen molar-refractivity contribution in [2.75, 3.05) is 19.4 Å². The van der Waals surface area contributed by atoms with Crippen molar-refractivity contribution < 1.29 is 13.2 Å². The molecule has 0 saturated heterocycles. The van der Waals surface area contributed by atoms with Crippen LogP contribution >= 0.6 is 11.8 Å². The van der Waals surface area contributed by atoms with Crippen LogP contribution in [0.1, 0.15) is 6.42 Å². The molecule has 2 aromatic carbocycles. The summed E-state index contributed by atoms with van der Waals surface area (Å²) in [6.07, 6.45) is 0.773. The number of thioether (sulfide) groups is 1. The van der Waals surface area contributed by atoms with E-state index in [1.807, 2.05) is 30.3 Å². The van der Waals surface area contributed by atoms with E-state index in [0.717, 1.165) is 12.2 Å². The molecule has 2 aromatic rings. The van der Waals surface area contributed by atoms with Gasteiger partial charge in [0.05, 0.1) is 12.0 Å². The topological polar surface area (TPSA) is 55.4 Å². The second kappa shape index (κ2) is 8.22. The predicted molar refractivity (Wildman–Crippen MR) is 90.0 cm³/mol. The molecule has 0 spiro atoms. The van der Waals surface area contributed by atoms with Gasteiger partial charge in [-0.15, -0.1) is 11.8 Å². The van der Waals surface area contributed by atoms with E-state index in [1.54, 1.807) is 43.1 Å². The molecule has 0 unspecified atom stereocenters. The van der Waals surface area contributed by atoms with E-state index in [2.05, 4.69) is 4.72 Å². The average Bonchev–Trinajstić information content (AvgIpc) is 2.55. The van der Waals surface area contributed by atoms with E-state index < -0.39 is 10.0 Å². The summed E-state index contributed by atoms with van der Waals surface area (Å²) in [7, 11) is -1.90. The monoisotopic (exact) mass is 337 g/mol. The molecule has 0 fully saturated rings. The van der Waals surface area contributed by atoms with E-state index in [9.17, 15) is 8.42 Å². The van der Waals surface area contributed by atoms with Crippen LogP contribution in [0.3, 0.4) is 0 Å². The minimum atomic E-state index is -3.45. The van der Waals surface area contributed by atoms with Crippen LogP contribution in [0.5, 0.6) is 5.75 Å². The fourth-order valence-electron chi connectivity index (χ4n) is 1.82. The summed E-state index contributed by atoms with van der Waals surface area (Å²) in [6, 6.07) is 16.4. The molecule has 0 aliphatic heterocycles. The highest BCUT2D eigenvalue weighted by atomic mass is 32.2. The Morgan fingerprint density at radius 3 is 2.36 bits per heavy atom. The molecular formula is C16H19NO3S2. The van der Waals surface area contributed by atoms with Crippen molar-refractivity contribution in [3.8, 4) is 5.75 Å². The Balaban J connectivity index is 1.77. The van der Waals surface area contributed by atoms with Crippen LogP contribution in [0, 0.1) is 0 Å². The van der Waals surface area contributed by atoms with Gasteiger partial charge in [0.25, 0.3) is 0 Å². The summed E-state index contributed by atoms with van der Waals surface area (Å²) in [5, 5.41) is 0. The van der Waals surface area contributed by atoms with Gasteiger partial charge >= 0.3 is 0 Å². The van der Waals surface area contributed by atoms with Crippen molar-refractivity contribution in [1.29, 1.82) is 0 Å². The summed E-state index contributed by atoms with van der Waals surface area (Å²) in [5.74, 6) is 1.51. The Labute approximate surface area is 135 Å². The van der Waals surface area contributed by atoms with Crippen LogP contribution < -0.4 is 9.46 Å². The summed E-state index contributed by atoms with van der Waals surface area (Å²) in [6.45, 7) is 0.425. The van der Waals surface area contributed by atoms with Crippen molar-refractivity contribution in [1.82, 2.24) is 4.72 Å². The second-order valence-electron chi connectivity index (χ2n) is 4.59. The molecule has 4 nitrogen and oxygen atoms in total. The minimum Gasteiger partial charge on any atom is -0.497 e. The molecule has 0 radical (unpaired) electrons. The number of nitrogens with one attached hydrogen (secondary N) is 1. The molecule has 0 aliphatic rings. The zero-order valence-corrected chi connectivity index (χ0v) is 14.0. The highest BCUT2D eigenvalue weighted by Crippen LogP contribution is 2.18. The van der Waals surface area contributed by atoms with Gasteiger partial charge in [-0.1, -0.05) is 18.2 Å². The number of hydrogen-bond donors (Lipinski definition) is 1. The molecule has 0 heterocycles. The third kappa shape index (κ3) is 5.05. The normalized spacial score (nSPS) is 11.3. The van der Waals surface area contributed by atoms with Gasteiger partial charge in [0.15, 0.2) is 0 Å². The lowest BCUT2D eigenvalue weighted by molar-refractivity contribution is 0.414. The van der Waals surface area contributed by atoms with E-state index in [-0.39, 0.29) is 4.90 Å². The number of ether oxygens (including phenoxy) is 1. The van der Waals surface area contributed by atoms with E-state index in [1.165, 1.54) is 4.90 Å². The Morgan fingerprint density at radius 2 is 1.73 bits per heavy atom. The smallest absolute Gasteiger partial charge is 0.240 e. The first kappa shape index (κ1) is 16.9. The molecule has 0 amide bonds. The summed E-state index contributed by atoms with van der Waals surface area (Å²) in [4.78, 5) is 1.45. The second-order valence-corrected chi connectivity index (χ2v) is 7.52. The van der Waals surface area contributed by atoms with Crippen LogP contribution in [0.25, 0.3) is 0 Å². The van der Waals surface area contributed by atoms with Gasteiger partial charge in [0, 0.05) is 11.4 Å². The maximum absolute atomic E-state index is 12.1. The standard InChI is InChI=1S/C16H19NO3S2/c1-20-14-8-10-16(11-9-14)22(18,19)17-12-5-13-21-15-6-3-2-4-7-15/h2-4,6-11,17H,5,12-13H2,1H3. The van der Waals surface area contributed by atoms with Gasteiger partial charge < -0.3 is 4.74 Å². The van der Waals surface area contributed by atoms with Crippen LogP contribution in [0.15, 0.2) is 64.4 Å². The molecule has 0 aromatic heterocycles. The van der Waals surface area contributed by atoms with E-state index in [4.69, 9.17) is 4.74 Å². The lowest BCUT2D eigenvalue weighted by Gasteiger charge is -2.07. The Bertz CT molecular complexity index is 670. The lowest BCUT2D eigenvalue weighted by Crippen LogP contribution is -2.25. The van der Waals surface area contributed by atoms with Gasteiger partial charge in [-0.2, -0.15) is 0 Å². The van der Waals surface area contributed by atoms with Gasteiger partial charge in [0.2, 0.25) is 10.0 Å². The molecule has 118 valence electrons. The highest BCUT2D eigenvalue weighted by Gasteiger charge is 2.12. The number of benzene rings is 2. The van der Waals surface area contributed by atoms with Crippen LogP contribution in [0.4, 0.5) is 0 Å². The summed E-state index contributed by atoms with van der Waals surface area (Å²) >= 11 is 1.72. The SMILES string of the molecule is COc1ccc(S(=O)(=O)NCCCSc2ccccc2)cc1. The molecule has 0 atom stereocenters. The molecule has 0 bridgehead atoms. The zero-order chi connectivity index (χ0) is 15.8. The van der Waals surface area contributed by atoms with E-state index in [0.29, 0.717) is 12.3 Å². The van der Waals surface area contributed by atoms with Crippen LogP contribution in [-0.2, 0) is 10.0 Å². The van der Waals surface area contributed by atoms with E-state index >= 15 is 0 Å². The van der Waals surface area contributed by atoms with Crippen LogP contribution in [-0.4, -0.2) is 27.8 Å². The Hall–Kier alpha value is -1.50. The maximum Gasteiger partial charge on any atom is 0.240 e. The molecule has 6 heteroatoms. The van der Waals surface area contributed by atoms with Crippen molar-refractivity contribution in [3.63, 3.8) is 0 Å². The number of sulfonamides is 1. The zero-order valence-electron chi connectivity index (χ0n) is 12.4. The fourth-order valence-corrected chi connectivity index (χ4v) is 3.77. The number of hydrogen-bond acceptors (Lipinski definition) is 4. The molecule has 1 N–H and O–H groups in total. The number of methoxy groups -OCH3 is 1. The summed E-state index contributed by atoms with van der Waals surface area (Å²) in [5.41, 5.74) is 0.